The summed E-state index contributed by atoms with van der Waals surface area (Å²) in [4.78, 5) is 0. The fourth-order valence-corrected chi connectivity index (χ4v) is 4.11. The first-order valence-electron chi connectivity index (χ1n) is 5.72. The molecule has 94 valence electrons. The highest BCUT2D eigenvalue weighted by atomic mass is 32.2. The molecule has 1 saturated heterocycles. The van der Waals surface area contributed by atoms with Crippen LogP contribution in [0.1, 0.15) is 19.3 Å². The number of hydrogen-bond acceptors (Lipinski definition) is 4. The van der Waals surface area contributed by atoms with E-state index in [1.165, 1.54) is 13.5 Å². The van der Waals surface area contributed by atoms with Crippen molar-refractivity contribution < 1.29 is 13.2 Å². The summed E-state index contributed by atoms with van der Waals surface area (Å²) in [5.74, 6) is 0.0618. The second-order valence-corrected chi connectivity index (χ2v) is 7.01. The average molecular weight is 248 g/mol. The molecule has 1 aliphatic carbocycles. The lowest BCUT2D eigenvalue weighted by Crippen LogP contribution is -2.45. The van der Waals surface area contributed by atoms with Gasteiger partial charge in [-0.1, -0.05) is 6.42 Å². The van der Waals surface area contributed by atoms with Crippen molar-refractivity contribution in [1.29, 1.82) is 0 Å². The molecule has 2 aliphatic rings. The quantitative estimate of drug-likeness (QED) is 0.746. The summed E-state index contributed by atoms with van der Waals surface area (Å²) in [6, 6.07) is 0.0126. The Morgan fingerprint density at radius 1 is 1.50 bits per heavy atom. The topological polar surface area (TPSA) is 72.6 Å². The Labute approximate surface area is 97.0 Å². The van der Waals surface area contributed by atoms with Crippen LogP contribution in [-0.4, -0.2) is 51.3 Å². The standard InChI is InChI=1S/C10H20N2O3S/c1-15-5-6-16(13,14)12-7-9(11)10(8-12)3-2-4-10/h9H,2-8,11H2,1H3. The third-order valence-corrected chi connectivity index (χ3v) is 5.71. The summed E-state index contributed by atoms with van der Waals surface area (Å²) in [5, 5.41) is 0. The number of nitrogens with two attached hydrogens (primary N) is 1. The summed E-state index contributed by atoms with van der Waals surface area (Å²) < 4.78 is 30.3. The van der Waals surface area contributed by atoms with Crippen LogP contribution in [0, 0.1) is 5.41 Å². The van der Waals surface area contributed by atoms with Crippen LogP contribution < -0.4 is 5.73 Å². The zero-order valence-electron chi connectivity index (χ0n) is 9.68. The Balaban J connectivity index is 2.02. The van der Waals surface area contributed by atoms with E-state index in [0.29, 0.717) is 13.1 Å². The van der Waals surface area contributed by atoms with Crippen LogP contribution in [0.5, 0.6) is 0 Å². The van der Waals surface area contributed by atoms with Gasteiger partial charge in [0.15, 0.2) is 0 Å². The Kier molecular flexibility index (Phi) is 3.27. The fraction of sp³-hybridized carbons (Fsp3) is 1.00. The van der Waals surface area contributed by atoms with Crippen molar-refractivity contribution in [2.45, 2.75) is 25.3 Å². The molecule has 1 heterocycles. The maximum Gasteiger partial charge on any atom is 0.216 e. The smallest absolute Gasteiger partial charge is 0.216 e. The summed E-state index contributed by atoms with van der Waals surface area (Å²) in [5.41, 5.74) is 6.14. The summed E-state index contributed by atoms with van der Waals surface area (Å²) in [6.07, 6.45) is 3.33. The number of methoxy groups -OCH3 is 1. The van der Waals surface area contributed by atoms with Crippen molar-refractivity contribution in [1.82, 2.24) is 4.31 Å². The zero-order valence-corrected chi connectivity index (χ0v) is 10.5. The predicted molar refractivity (Wildman–Crippen MR) is 61.5 cm³/mol. The number of sulfonamides is 1. The summed E-state index contributed by atoms with van der Waals surface area (Å²) in [7, 11) is -1.66. The summed E-state index contributed by atoms with van der Waals surface area (Å²) in [6.45, 7) is 1.34. The molecule has 2 N–H and O–H groups in total. The van der Waals surface area contributed by atoms with E-state index in [0.717, 1.165) is 12.8 Å². The van der Waals surface area contributed by atoms with E-state index in [4.69, 9.17) is 10.5 Å². The molecular weight excluding hydrogens is 228 g/mol. The SMILES string of the molecule is COCCS(=O)(=O)N1CC(N)C2(CCC2)C1. The Hall–Kier alpha value is -0.170. The molecule has 1 spiro atoms. The number of rotatable bonds is 4. The number of ether oxygens (including phenoxy) is 1. The first-order valence-corrected chi connectivity index (χ1v) is 7.33. The maximum absolute atomic E-state index is 12.0. The van der Waals surface area contributed by atoms with Crippen molar-refractivity contribution in [3.05, 3.63) is 0 Å². The van der Waals surface area contributed by atoms with E-state index in [1.807, 2.05) is 0 Å². The molecule has 0 amide bonds. The van der Waals surface area contributed by atoms with Gasteiger partial charge in [-0.3, -0.25) is 0 Å². The molecule has 2 fully saturated rings. The van der Waals surface area contributed by atoms with Gasteiger partial charge in [-0.2, -0.15) is 4.31 Å². The largest absolute Gasteiger partial charge is 0.384 e. The van der Waals surface area contributed by atoms with E-state index in [2.05, 4.69) is 0 Å². The third kappa shape index (κ3) is 1.99. The molecule has 0 aromatic carbocycles. The van der Waals surface area contributed by atoms with Crippen molar-refractivity contribution in [2.24, 2.45) is 11.1 Å². The van der Waals surface area contributed by atoms with E-state index < -0.39 is 10.0 Å². The van der Waals surface area contributed by atoms with Gasteiger partial charge in [0.1, 0.15) is 0 Å². The molecule has 2 rings (SSSR count). The first kappa shape index (κ1) is 12.3. The number of hydrogen-bond donors (Lipinski definition) is 1. The predicted octanol–water partition coefficient (Wildman–Crippen LogP) is -0.224. The van der Waals surface area contributed by atoms with Gasteiger partial charge < -0.3 is 10.5 Å². The molecule has 1 atom stereocenters. The van der Waals surface area contributed by atoms with Crippen molar-refractivity contribution >= 4 is 10.0 Å². The molecule has 1 saturated carbocycles. The Morgan fingerprint density at radius 2 is 2.19 bits per heavy atom. The molecule has 0 radical (unpaired) electrons. The van der Waals surface area contributed by atoms with Gasteiger partial charge in [-0.25, -0.2) is 8.42 Å². The van der Waals surface area contributed by atoms with Gasteiger partial charge in [0.2, 0.25) is 10.0 Å². The van der Waals surface area contributed by atoms with Gasteiger partial charge in [-0.15, -0.1) is 0 Å². The van der Waals surface area contributed by atoms with Gasteiger partial charge in [0.05, 0.1) is 12.4 Å². The van der Waals surface area contributed by atoms with E-state index in [9.17, 15) is 8.42 Å². The van der Waals surface area contributed by atoms with E-state index in [-0.39, 0.29) is 23.8 Å². The van der Waals surface area contributed by atoms with Crippen LogP contribution in [0.3, 0.4) is 0 Å². The number of nitrogens with zero attached hydrogens (tertiary/aromatic N) is 1. The Bertz CT molecular complexity index is 351. The minimum absolute atomic E-state index is 0.0126. The van der Waals surface area contributed by atoms with Crippen LogP contribution in [0.15, 0.2) is 0 Å². The van der Waals surface area contributed by atoms with E-state index >= 15 is 0 Å². The second kappa shape index (κ2) is 4.25. The van der Waals surface area contributed by atoms with Gasteiger partial charge in [-0.05, 0) is 12.8 Å². The first-order chi connectivity index (χ1) is 7.50. The lowest BCUT2D eigenvalue weighted by molar-refractivity contribution is 0.133. The summed E-state index contributed by atoms with van der Waals surface area (Å²) >= 11 is 0. The Morgan fingerprint density at radius 3 is 2.62 bits per heavy atom. The van der Waals surface area contributed by atoms with Crippen molar-refractivity contribution in [3.8, 4) is 0 Å². The molecule has 16 heavy (non-hydrogen) atoms. The van der Waals surface area contributed by atoms with Crippen molar-refractivity contribution in [3.63, 3.8) is 0 Å². The molecule has 1 unspecified atom stereocenters. The van der Waals surface area contributed by atoms with Crippen LogP contribution in [0.25, 0.3) is 0 Å². The average Bonchev–Trinajstić information content (AvgIpc) is 2.53. The second-order valence-electron chi connectivity index (χ2n) is 4.92. The minimum atomic E-state index is -3.17. The molecular formula is C10H20N2O3S. The minimum Gasteiger partial charge on any atom is -0.384 e. The lowest BCUT2D eigenvalue weighted by atomic mass is 9.66. The highest BCUT2D eigenvalue weighted by Gasteiger charge is 2.51. The molecule has 5 nitrogen and oxygen atoms in total. The van der Waals surface area contributed by atoms with E-state index in [1.54, 1.807) is 4.31 Å². The molecule has 0 bridgehead atoms. The monoisotopic (exact) mass is 248 g/mol. The highest BCUT2D eigenvalue weighted by molar-refractivity contribution is 7.89. The normalized spacial score (nSPS) is 29.5. The highest BCUT2D eigenvalue weighted by Crippen LogP contribution is 2.47. The van der Waals surface area contributed by atoms with Crippen LogP contribution >= 0.6 is 0 Å². The van der Waals surface area contributed by atoms with Gasteiger partial charge >= 0.3 is 0 Å². The molecule has 0 aromatic heterocycles. The van der Waals surface area contributed by atoms with Crippen LogP contribution in [0.2, 0.25) is 0 Å². The van der Waals surface area contributed by atoms with Gasteiger partial charge in [0.25, 0.3) is 0 Å². The molecule has 1 aliphatic heterocycles. The van der Waals surface area contributed by atoms with Crippen LogP contribution in [0.4, 0.5) is 0 Å². The van der Waals surface area contributed by atoms with Gasteiger partial charge in [0, 0.05) is 31.7 Å². The van der Waals surface area contributed by atoms with Crippen molar-refractivity contribution in [2.75, 3.05) is 32.6 Å². The zero-order chi connectivity index (χ0) is 11.8. The fourth-order valence-electron chi connectivity index (χ4n) is 2.64. The molecule has 0 aromatic rings. The van der Waals surface area contributed by atoms with Crippen LogP contribution in [-0.2, 0) is 14.8 Å². The third-order valence-electron chi connectivity index (χ3n) is 3.97. The molecule has 6 heteroatoms. The lowest BCUT2D eigenvalue weighted by Gasteiger charge is -2.41. The maximum atomic E-state index is 12.0.